The fraction of sp³-hybridized carbons (Fsp3) is 0.160. The summed E-state index contributed by atoms with van der Waals surface area (Å²) >= 11 is 2.66. The lowest BCUT2D eigenvalue weighted by molar-refractivity contribution is -0.114. The van der Waals surface area contributed by atoms with Gasteiger partial charge in [0.05, 0.1) is 10.6 Å². The molecule has 0 aliphatic carbocycles. The van der Waals surface area contributed by atoms with E-state index in [1.807, 2.05) is 30.3 Å². The topological polar surface area (TPSA) is 111 Å². The lowest BCUT2D eigenvalue weighted by Crippen LogP contribution is -2.38. The van der Waals surface area contributed by atoms with Crippen LogP contribution in [-0.2, 0) is 20.6 Å². The van der Waals surface area contributed by atoms with Crippen LogP contribution in [0.15, 0.2) is 82.0 Å². The molecule has 2 heterocycles. The predicted molar refractivity (Wildman–Crippen MR) is 143 cm³/mol. The molecular formula is C25H21FN4O5S3. The Balaban J connectivity index is 1.33. The third-order valence-electron chi connectivity index (χ3n) is 5.36. The lowest BCUT2D eigenvalue weighted by atomic mass is 10.2. The zero-order valence-corrected chi connectivity index (χ0v) is 22.2. The number of hydrogen-bond donors (Lipinski definition) is 1. The Morgan fingerprint density at radius 1 is 1.00 bits per heavy atom. The highest BCUT2D eigenvalue weighted by Gasteiger charge is 2.29. The van der Waals surface area contributed by atoms with Crippen molar-refractivity contribution in [3.8, 4) is 11.5 Å². The zero-order chi connectivity index (χ0) is 26.5. The first kappa shape index (κ1) is 25.9. The molecule has 0 saturated carbocycles. The maximum Gasteiger partial charge on any atom is 0.264 e. The summed E-state index contributed by atoms with van der Waals surface area (Å²) in [6.45, 7) is 0.0710. The van der Waals surface area contributed by atoms with Crippen molar-refractivity contribution in [2.75, 3.05) is 29.4 Å². The quantitative estimate of drug-likeness (QED) is 0.229. The van der Waals surface area contributed by atoms with E-state index in [1.165, 1.54) is 53.4 Å². The summed E-state index contributed by atoms with van der Waals surface area (Å²) in [4.78, 5) is 12.9. The van der Waals surface area contributed by atoms with Crippen LogP contribution in [0.25, 0.3) is 0 Å². The number of hydrogen-bond acceptors (Lipinski definition) is 9. The molecule has 0 spiro atoms. The fourth-order valence-corrected chi connectivity index (χ4v) is 6.72. The van der Waals surface area contributed by atoms with E-state index < -0.39 is 28.3 Å². The van der Waals surface area contributed by atoms with E-state index in [0.717, 1.165) is 22.0 Å². The van der Waals surface area contributed by atoms with Gasteiger partial charge >= 0.3 is 0 Å². The Kier molecular flexibility index (Phi) is 7.77. The minimum Gasteiger partial charge on any atom is -0.486 e. The number of thioether (sulfide) groups is 1. The van der Waals surface area contributed by atoms with Crippen molar-refractivity contribution < 1.29 is 27.1 Å². The minimum atomic E-state index is -4.24. The second kappa shape index (κ2) is 11.4. The van der Waals surface area contributed by atoms with Gasteiger partial charge in [-0.05, 0) is 42.0 Å². The van der Waals surface area contributed by atoms with Gasteiger partial charge in [0.1, 0.15) is 25.6 Å². The van der Waals surface area contributed by atoms with Gasteiger partial charge in [-0.15, -0.1) is 10.2 Å². The number of nitrogens with one attached hydrogen (secondary N) is 1. The summed E-state index contributed by atoms with van der Waals surface area (Å²) in [6.07, 6.45) is 0. The van der Waals surface area contributed by atoms with Gasteiger partial charge in [0.2, 0.25) is 11.0 Å². The predicted octanol–water partition coefficient (Wildman–Crippen LogP) is 4.57. The van der Waals surface area contributed by atoms with E-state index in [-0.39, 0.29) is 28.1 Å². The third kappa shape index (κ3) is 6.06. The molecule has 13 heteroatoms. The summed E-state index contributed by atoms with van der Waals surface area (Å²) in [5, 5.41) is 10.9. The van der Waals surface area contributed by atoms with Gasteiger partial charge in [0, 0.05) is 11.8 Å². The summed E-state index contributed by atoms with van der Waals surface area (Å²) in [5.74, 6) is 0.236. The first-order chi connectivity index (χ1) is 18.4. The number of nitrogens with zero attached hydrogens (tertiary/aromatic N) is 3. The molecule has 1 aliphatic rings. The molecule has 0 saturated heterocycles. The maximum atomic E-state index is 13.6. The number of ether oxygens (including phenoxy) is 2. The minimum absolute atomic E-state index is 0.102. The molecule has 0 fully saturated rings. The van der Waals surface area contributed by atoms with Crippen LogP contribution in [0.1, 0.15) is 5.56 Å². The third-order valence-corrected chi connectivity index (χ3v) is 9.17. The van der Waals surface area contributed by atoms with Crippen LogP contribution in [-0.4, -0.2) is 44.3 Å². The van der Waals surface area contributed by atoms with Gasteiger partial charge in [-0.1, -0.05) is 53.4 Å². The Labute approximate surface area is 226 Å². The molecule has 38 heavy (non-hydrogen) atoms. The number of aromatic nitrogens is 2. The number of sulfonamides is 1. The Hall–Kier alpha value is -3.68. The Bertz CT molecular complexity index is 1530. The molecule has 0 atom stereocenters. The average Bonchev–Trinajstić information content (AvgIpc) is 3.38. The molecular weight excluding hydrogens is 551 g/mol. The van der Waals surface area contributed by atoms with Crippen molar-refractivity contribution >= 4 is 49.8 Å². The smallest absolute Gasteiger partial charge is 0.264 e. The second-order valence-corrected chi connectivity index (χ2v) is 12.1. The zero-order valence-electron chi connectivity index (χ0n) is 19.7. The van der Waals surface area contributed by atoms with Crippen LogP contribution in [0.3, 0.4) is 0 Å². The maximum absolute atomic E-state index is 13.6. The number of anilines is 2. The van der Waals surface area contributed by atoms with E-state index in [4.69, 9.17) is 9.47 Å². The van der Waals surface area contributed by atoms with E-state index >= 15 is 0 Å². The number of halogens is 1. The summed E-state index contributed by atoms with van der Waals surface area (Å²) in [7, 11) is -4.24. The molecule has 1 aromatic heterocycles. The molecule has 1 amide bonds. The Morgan fingerprint density at radius 3 is 2.50 bits per heavy atom. The van der Waals surface area contributed by atoms with Gasteiger partial charge in [-0.2, -0.15) is 0 Å². The van der Waals surface area contributed by atoms with E-state index in [0.29, 0.717) is 22.4 Å². The molecule has 3 aromatic carbocycles. The highest BCUT2D eigenvalue weighted by atomic mass is 32.2. The van der Waals surface area contributed by atoms with Gasteiger partial charge < -0.3 is 9.47 Å². The molecule has 1 N–H and O–H groups in total. The van der Waals surface area contributed by atoms with Gasteiger partial charge in [-0.3, -0.25) is 14.4 Å². The van der Waals surface area contributed by atoms with Crippen LogP contribution in [0.4, 0.5) is 15.2 Å². The van der Waals surface area contributed by atoms with Crippen molar-refractivity contribution in [2.45, 2.75) is 15.0 Å². The highest BCUT2D eigenvalue weighted by Crippen LogP contribution is 2.34. The first-order valence-electron chi connectivity index (χ1n) is 11.4. The molecule has 0 bridgehead atoms. The van der Waals surface area contributed by atoms with Crippen LogP contribution in [0.2, 0.25) is 0 Å². The number of rotatable bonds is 9. The number of benzene rings is 3. The van der Waals surface area contributed by atoms with Crippen LogP contribution in [0, 0.1) is 5.82 Å². The van der Waals surface area contributed by atoms with E-state index in [2.05, 4.69) is 15.5 Å². The van der Waals surface area contributed by atoms with Crippen molar-refractivity contribution in [3.05, 3.63) is 84.2 Å². The molecule has 196 valence electrons. The van der Waals surface area contributed by atoms with Gasteiger partial charge in [0.15, 0.2) is 15.8 Å². The van der Waals surface area contributed by atoms with E-state index in [1.54, 1.807) is 0 Å². The van der Waals surface area contributed by atoms with Crippen LogP contribution in [0.5, 0.6) is 11.5 Å². The summed E-state index contributed by atoms with van der Waals surface area (Å²) < 4.78 is 53.4. The first-order valence-corrected chi connectivity index (χ1v) is 14.6. The SMILES string of the molecule is O=C(CN(c1ccc(F)cc1)S(=O)(=O)c1ccc2c(c1)OCCO2)Nc1nnc(SCc2ccccc2)s1. The van der Waals surface area contributed by atoms with Crippen LogP contribution >= 0.6 is 23.1 Å². The van der Waals surface area contributed by atoms with Gasteiger partial charge in [0.25, 0.3) is 10.0 Å². The normalized spacial score (nSPS) is 12.7. The molecule has 1 aliphatic heterocycles. The van der Waals surface area contributed by atoms with Crippen molar-refractivity contribution in [3.63, 3.8) is 0 Å². The molecule has 4 aromatic rings. The van der Waals surface area contributed by atoms with Crippen molar-refractivity contribution in [2.24, 2.45) is 0 Å². The second-order valence-electron chi connectivity index (χ2n) is 7.99. The monoisotopic (exact) mass is 572 g/mol. The number of amides is 1. The lowest BCUT2D eigenvalue weighted by Gasteiger charge is -2.25. The largest absolute Gasteiger partial charge is 0.486 e. The molecule has 5 rings (SSSR count). The molecule has 0 unspecified atom stereocenters. The summed E-state index contributed by atoms with van der Waals surface area (Å²) in [6, 6.07) is 18.9. The van der Waals surface area contributed by atoms with Crippen molar-refractivity contribution in [1.29, 1.82) is 0 Å². The fourth-order valence-electron chi connectivity index (χ4n) is 3.56. The van der Waals surface area contributed by atoms with Crippen LogP contribution < -0.4 is 19.1 Å². The Morgan fingerprint density at radius 2 is 1.74 bits per heavy atom. The average molecular weight is 573 g/mol. The standard InChI is InChI=1S/C25H21FN4O5S3/c26-18-6-8-19(9-7-18)30(38(32,33)20-10-11-21-22(14-20)35-13-12-34-21)15-23(31)27-24-28-29-25(37-24)36-16-17-4-2-1-3-5-17/h1-11,14H,12-13,15-16H2,(H,27,28,31). The molecule has 9 nitrogen and oxygen atoms in total. The number of carbonyl (C=O) groups is 1. The van der Waals surface area contributed by atoms with Crippen molar-refractivity contribution in [1.82, 2.24) is 10.2 Å². The molecule has 0 radical (unpaired) electrons. The highest BCUT2D eigenvalue weighted by molar-refractivity contribution is 8.00. The van der Waals surface area contributed by atoms with E-state index in [9.17, 15) is 17.6 Å². The number of fused-ring (bicyclic) bond motifs is 1. The van der Waals surface area contributed by atoms with Gasteiger partial charge in [-0.25, -0.2) is 12.8 Å². The summed E-state index contributed by atoms with van der Waals surface area (Å²) in [5.41, 5.74) is 1.24. The number of carbonyl (C=O) groups excluding carboxylic acids is 1.